The molecule has 20 heavy (non-hydrogen) atoms. The van der Waals surface area contributed by atoms with E-state index >= 15 is 0 Å². The van der Waals surface area contributed by atoms with E-state index in [-0.39, 0.29) is 25.0 Å². The fourth-order valence-corrected chi connectivity index (χ4v) is 1.64. The average molecular weight is 305 g/mol. The largest absolute Gasteiger partial charge is 0.448 e. The lowest BCUT2D eigenvalue weighted by Gasteiger charge is -2.06. The normalized spacial score (nSPS) is 9.85. The smallest absolute Gasteiger partial charge is 0.404 e. The van der Waals surface area contributed by atoms with Gasteiger partial charge in [0, 0.05) is 19.4 Å². The predicted molar refractivity (Wildman–Crippen MR) is 78.5 cm³/mol. The lowest BCUT2D eigenvalue weighted by atomic mass is 10.2. The molecular formula is C12H23N3O4S. The van der Waals surface area contributed by atoms with Crippen LogP contribution < -0.4 is 16.4 Å². The molecule has 8 heteroatoms. The summed E-state index contributed by atoms with van der Waals surface area (Å²) in [6, 6.07) is 0. The number of nitrogens with two attached hydrogens (primary N) is 1. The minimum atomic E-state index is -0.848. The average Bonchev–Trinajstić information content (AvgIpc) is 2.39. The second-order valence-corrected chi connectivity index (χ2v) is 4.60. The summed E-state index contributed by atoms with van der Waals surface area (Å²) in [5, 5.41) is 5.39. The molecule has 116 valence electrons. The van der Waals surface area contributed by atoms with E-state index in [4.69, 9.17) is 5.73 Å². The number of thiol groups is 1. The fourth-order valence-electron chi connectivity index (χ4n) is 1.44. The third-order valence-corrected chi connectivity index (χ3v) is 2.63. The zero-order chi connectivity index (χ0) is 15.2. The molecule has 0 fully saturated rings. The van der Waals surface area contributed by atoms with Crippen LogP contribution in [0.2, 0.25) is 0 Å². The van der Waals surface area contributed by atoms with Gasteiger partial charge in [-0.25, -0.2) is 4.79 Å². The van der Waals surface area contributed by atoms with Crippen molar-refractivity contribution in [2.24, 2.45) is 5.73 Å². The molecule has 0 saturated heterocycles. The molecule has 0 spiro atoms. The molecule has 0 radical (unpaired) electrons. The van der Waals surface area contributed by atoms with Gasteiger partial charge in [0.2, 0.25) is 11.8 Å². The Morgan fingerprint density at radius 2 is 1.60 bits per heavy atom. The van der Waals surface area contributed by atoms with Gasteiger partial charge in [0.05, 0.1) is 6.54 Å². The first-order chi connectivity index (χ1) is 9.56. The number of ether oxygens (including phenoxy) is 1. The molecule has 0 atom stereocenters. The number of hydrogen-bond donors (Lipinski definition) is 4. The SMILES string of the molecule is NC(=O)OCCNC(=O)CCCCCNC(=O)CCS. The van der Waals surface area contributed by atoms with Crippen LogP contribution in [0.1, 0.15) is 32.1 Å². The van der Waals surface area contributed by atoms with E-state index in [0.29, 0.717) is 25.1 Å². The topological polar surface area (TPSA) is 111 Å². The molecule has 0 aromatic heterocycles. The molecule has 0 rings (SSSR count). The lowest BCUT2D eigenvalue weighted by molar-refractivity contribution is -0.122. The van der Waals surface area contributed by atoms with Crippen molar-refractivity contribution >= 4 is 30.5 Å². The molecule has 4 N–H and O–H groups in total. The Kier molecular flexibility index (Phi) is 11.7. The van der Waals surface area contributed by atoms with Crippen molar-refractivity contribution in [3.05, 3.63) is 0 Å². The van der Waals surface area contributed by atoms with Crippen molar-refractivity contribution < 1.29 is 19.1 Å². The highest BCUT2D eigenvalue weighted by molar-refractivity contribution is 7.80. The van der Waals surface area contributed by atoms with Crippen LogP contribution in [0.4, 0.5) is 4.79 Å². The molecule has 7 nitrogen and oxygen atoms in total. The fraction of sp³-hybridized carbons (Fsp3) is 0.750. The summed E-state index contributed by atoms with van der Waals surface area (Å²) >= 11 is 3.97. The first kappa shape index (κ1) is 18.6. The van der Waals surface area contributed by atoms with Gasteiger partial charge >= 0.3 is 6.09 Å². The highest BCUT2D eigenvalue weighted by Gasteiger charge is 2.02. The molecule has 0 aliphatic rings. The van der Waals surface area contributed by atoms with Gasteiger partial charge in [-0.05, 0) is 18.6 Å². The summed E-state index contributed by atoms with van der Waals surface area (Å²) in [6.07, 6.45) is 2.47. The Balaban J connectivity index is 3.31. The molecule has 0 aromatic rings. The Morgan fingerprint density at radius 1 is 0.950 bits per heavy atom. The van der Waals surface area contributed by atoms with E-state index in [2.05, 4.69) is 28.0 Å². The number of amides is 3. The molecule has 0 heterocycles. The van der Waals surface area contributed by atoms with Crippen molar-refractivity contribution in [1.82, 2.24) is 10.6 Å². The van der Waals surface area contributed by atoms with E-state index in [9.17, 15) is 14.4 Å². The number of rotatable bonds is 11. The van der Waals surface area contributed by atoms with Crippen molar-refractivity contribution in [2.75, 3.05) is 25.4 Å². The molecule has 3 amide bonds. The van der Waals surface area contributed by atoms with Gasteiger partial charge in [0.1, 0.15) is 6.61 Å². The maximum Gasteiger partial charge on any atom is 0.404 e. The summed E-state index contributed by atoms with van der Waals surface area (Å²) in [5.74, 6) is 0.468. The maximum absolute atomic E-state index is 11.4. The Labute approximate surface area is 124 Å². The number of carbonyl (C=O) groups excluding carboxylic acids is 3. The van der Waals surface area contributed by atoms with Crippen LogP contribution in [-0.2, 0) is 14.3 Å². The minimum Gasteiger partial charge on any atom is -0.448 e. The van der Waals surface area contributed by atoms with E-state index in [1.807, 2.05) is 0 Å². The molecule has 0 aliphatic carbocycles. The van der Waals surface area contributed by atoms with Crippen molar-refractivity contribution in [3.63, 3.8) is 0 Å². The minimum absolute atomic E-state index is 0.00666. The Hall–Kier alpha value is -1.44. The number of hydrogen-bond acceptors (Lipinski definition) is 5. The second kappa shape index (κ2) is 12.6. The molecule has 0 bridgehead atoms. The first-order valence-corrected chi connectivity index (χ1v) is 7.26. The quantitative estimate of drug-likeness (QED) is 0.323. The van der Waals surface area contributed by atoms with Crippen LogP contribution >= 0.6 is 12.6 Å². The summed E-state index contributed by atoms with van der Waals surface area (Å²) in [7, 11) is 0. The van der Waals surface area contributed by atoms with Crippen molar-refractivity contribution in [3.8, 4) is 0 Å². The molecule has 0 aromatic carbocycles. The second-order valence-electron chi connectivity index (χ2n) is 4.15. The van der Waals surface area contributed by atoms with Gasteiger partial charge in [-0.15, -0.1) is 0 Å². The first-order valence-electron chi connectivity index (χ1n) is 6.62. The van der Waals surface area contributed by atoms with Crippen LogP contribution in [0.5, 0.6) is 0 Å². The van der Waals surface area contributed by atoms with E-state index in [1.165, 1.54) is 0 Å². The van der Waals surface area contributed by atoms with Crippen LogP contribution in [0.25, 0.3) is 0 Å². The van der Waals surface area contributed by atoms with E-state index in [1.54, 1.807) is 0 Å². The van der Waals surface area contributed by atoms with E-state index < -0.39 is 6.09 Å². The number of unbranched alkanes of at least 4 members (excludes halogenated alkanes) is 2. The molecular weight excluding hydrogens is 282 g/mol. The van der Waals surface area contributed by atoms with Crippen LogP contribution in [0.3, 0.4) is 0 Å². The zero-order valence-electron chi connectivity index (χ0n) is 11.5. The van der Waals surface area contributed by atoms with Gasteiger partial charge in [0.25, 0.3) is 0 Å². The van der Waals surface area contributed by atoms with Crippen LogP contribution in [0.15, 0.2) is 0 Å². The lowest BCUT2D eigenvalue weighted by Crippen LogP contribution is -2.28. The third kappa shape index (κ3) is 13.0. The maximum atomic E-state index is 11.4. The van der Waals surface area contributed by atoms with Crippen LogP contribution in [0, 0.1) is 0 Å². The summed E-state index contributed by atoms with van der Waals surface area (Å²) < 4.78 is 4.47. The van der Waals surface area contributed by atoms with Gasteiger partial charge in [0.15, 0.2) is 0 Å². The third-order valence-electron chi connectivity index (χ3n) is 2.41. The summed E-state index contributed by atoms with van der Waals surface area (Å²) in [4.78, 5) is 32.7. The van der Waals surface area contributed by atoms with Crippen molar-refractivity contribution in [1.29, 1.82) is 0 Å². The highest BCUT2D eigenvalue weighted by Crippen LogP contribution is 1.99. The number of primary amides is 1. The number of nitrogens with one attached hydrogen (secondary N) is 2. The predicted octanol–water partition coefficient (Wildman–Crippen LogP) is 0.194. The van der Waals surface area contributed by atoms with E-state index in [0.717, 1.165) is 19.3 Å². The monoisotopic (exact) mass is 305 g/mol. The summed E-state index contributed by atoms with van der Waals surface area (Å²) in [6.45, 7) is 0.973. The molecule has 0 unspecified atom stereocenters. The molecule has 0 aliphatic heterocycles. The number of carbonyl (C=O) groups is 3. The van der Waals surface area contributed by atoms with Gasteiger partial charge in [-0.1, -0.05) is 6.42 Å². The van der Waals surface area contributed by atoms with Gasteiger partial charge in [-0.3, -0.25) is 9.59 Å². The highest BCUT2D eigenvalue weighted by atomic mass is 32.1. The van der Waals surface area contributed by atoms with Crippen molar-refractivity contribution in [2.45, 2.75) is 32.1 Å². The summed E-state index contributed by atoms with van der Waals surface area (Å²) in [5.41, 5.74) is 4.77. The molecule has 0 saturated carbocycles. The Morgan fingerprint density at radius 3 is 2.25 bits per heavy atom. The standard InChI is InChI=1S/C12H23N3O4S/c13-12(18)19-8-7-15-10(16)4-2-1-3-6-14-11(17)5-9-20/h20H,1-9H2,(H2,13,18)(H,14,17)(H,15,16). The zero-order valence-corrected chi connectivity index (χ0v) is 12.4. The van der Waals surface area contributed by atoms with Gasteiger partial charge < -0.3 is 21.1 Å². The van der Waals surface area contributed by atoms with Crippen LogP contribution in [-0.4, -0.2) is 43.4 Å². The van der Waals surface area contributed by atoms with Gasteiger partial charge in [-0.2, -0.15) is 12.6 Å². The Bertz CT molecular complexity index is 313.